The molecule has 5 nitrogen and oxygen atoms in total. The van der Waals surface area contributed by atoms with Gasteiger partial charge in [0.1, 0.15) is 16.5 Å². The molecule has 1 atom stereocenters. The molecule has 0 bridgehead atoms. The smallest absolute Gasteiger partial charge is 0.271 e. The predicted molar refractivity (Wildman–Crippen MR) is 106 cm³/mol. The fraction of sp³-hybridized carbons (Fsp3) is 0.238. The second kappa shape index (κ2) is 7.07. The number of nitrogens with zero attached hydrogens (tertiary/aromatic N) is 1. The van der Waals surface area contributed by atoms with Crippen LogP contribution in [0.3, 0.4) is 0 Å². The molecule has 146 valence electrons. The number of aromatic nitrogens is 1. The summed E-state index contributed by atoms with van der Waals surface area (Å²) < 4.78 is 48.3. The Morgan fingerprint density at radius 1 is 1.14 bits per heavy atom. The highest BCUT2D eigenvalue weighted by molar-refractivity contribution is 7.90. The van der Waals surface area contributed by atoms with Crippen molar-refractivity contribution < 1.29 is 17.5 Å². The summed E-state index contributed by atoms with van der Waals surface area (Å²) in [7, 11) is -0.718. The minimum atomic E-state index is -3.99. The van der Waals surface area contributed by atoms with Crippen LogP contribution in [0.25, 0.3) is 11.3 Å². The van der Waals surface area contributed by atoms with E-state index in [1.54, 1.807) is 42.6 Å². The largest absolute Gasteiger partial charge is 0.495 e. The summed E-state index contributed by atoms with van der Waals surface area (Å²) in [6.07, 6.45) is 3.14. The number of hydrogen-bond acceptors (Lipinski definition) is 4. The zero-order valence-electron chi connectivity index (χ0n) is 15.6. The molecule has 1 N–H and O–H groups in total. The Balaban J connectivity index is 2.01. The van der Waals surface area contributed by atoms with Gasteiger partial charge in [0, 0.05) is 17.8 Å². The van der Waals surface area contributed by atoms with Crippen LogP contribution in [0.15, 0.2) is 59.6 Å². The minimum Gasteiger partial charge on any atom is -0.495 e. The average Bonchev–Trinajstić information content (AvgIpc) is 3.28. The maximum absolute atomic E-state index is 14.7. The maximum Gasteiger partial charge on any atom is 0.271 e. The number of benzene rings is 2. The summed E-state index contributed by atoms with van der Waals surface area (Å²) in [5.74, 6) is -0.200. The molecule has 3 aromatic rings. The molecule has 1 aromatic heterocycles. The van der Waals surface area contributed by atoms with E-state index < -0.39 is 15.8 Å². The molecule has 7 heteroatoms. The van der Waals surface area contributed by atoms with Gasteiger partial charge in [-0.25, -0.2) is 16.8 Å². The van der Waals surface area contributed by atoms with Crippen LogP contribution in [0.1, 0.15) is 23.6 Å². The van der Waals surface area contributed by atoms with E-state index in [1.807, 2.05) is 7.05 Å². The lowest BCUT2D eigenvalue weighted by molar-refractivity contribution is 0.402. The lowest BCUT2D eigenvalue weighted by atomic mass is 10.1. The van der Waals surface area contributed by atoms with Gasteiger partial charge in [0.15, 0.2) is 0 Å². The molecule has 4 rings (SSSR count). The second-order valence-electron chi connectivity index (χ2n) is 6.72. The third kappa shape index (κ3) is 2.82. The van der Waals surface area contributed by atoms with E-state index >= 15 is 0 Å². The first-order chi connectivity index (χ1) is 13.5. The average molecular weight is 400 g/mol. The molecule has 28 heavy (non-hydrogen) atoms. The highest BCUT2D eigenvalue weighted by atomic mass is 32.2. The number of para-hydroxylation sites is 1. The highest BCUT2D eigenvalue weighted by Crippen LogP contribution is 2.42. The van der Waals surface area contributed by atoms with E-state index in [4.69, 9.17) is 4.74 Å². The zero-order chi connectivity index (χ0) is 19.9. The maximum atomic E-state index is 14.7. The summed E-state index contributed by atoms with van der Waals surface area (Å²) >= 11 is 0. The quantitative estimate of drug-likeness (QED) is 0.709. The van der Waals surface area contributed by atoms with Crippen molar-refractivity contribution in [2.75, 3.05) is 14.2 Å². The Morgan fingerprint density at radius 3 is 2.57 bits per heavy atom. The summed E-state index contributed by atoms with van der Waals surface area (Å²) in [5, 5.41) is 3.21. The van der Waals surface area contributed by atoms with Gasteiger partial charge in [-0.1, -0.05) is 24.3 Å². The van der Waals surface area contributed by atoms with E-state index in [-0.39, 0.29) is 22.3 Å². The summed E-state index contributed by atoms with van der Waals surface area (Å²) in [5.41, 5.74) is 2.41. The summed E-state index contributed by atoms with van der Waals surface area (Å²) in [6, 6.07) is 12.8. The van der Waals surface area contributed by atoms with E-state index in [1.165, 1.54) is 23.2 Å². The molecular weight excluding hydrogens is 379 g/mol. The van der Waals surface area contributed by atoms with Crippen LogP contribution < -0.4 is 10.1 Å². The van der Waals surface area contributed by atoms with Crippen molar-refractivity contribution in [2.24, 2.45) is 0 Å². The van der Waals surface area contributed by atoms with Crippen LogP contribution in [-0.2, 0) is 16.4 Å². The van der Waals surface area contributed by atoms with Crippen LogP contribution in [0.4, 0.5) is 4.39 Å². The number of rotatable bonds is 5. The number of fused-ring (bicyclic) bond motifs is 1. The minimum absolute atomic E-state index is 0.0367. The molecule has 0 amide bonds. The number of methoxy groups -OCH3 is 1. The normalized spacial score (nSPS) is 16.2. The van der Waals surface area contributed by atoms with Gasteiger partial charge in [0.2, 0.25) is 0 Å². The van der Waals surface area contributed by atoms with Gasteiger partial charge < -0.3 is 10.1 Å². The topological polar surface area (TPSA) is 60.3 Å². The standard InChI is InChI=1S/C21H21FN2O3S/c1-23-18-12-11-14-16(18)13-24(21(14)15-7-3-4-8-17(15)22)28(25,26)20-10-6-5-9-19(20)27-2/h3-10,13,18,23H,11-12H2,1-2H3. The van der Waals surface area contributed by atoms with Crippen LogP contribution in [-0.4, -0.2) is 26.5 Å². The fourth-order valence-electron chi connectivity index (χ4n) is 3.91. The highest BCUT2D eigenvalue weighted by Gasteiger charge is 2.34. The SMILES string of the molecule is CNC1CCc2c1cn(S(=O)(=O)c1ccccc1OC)c2-c1ccccc1F. The Hall–Kier alpha value is -2.64. The van der Waals surface area contributed by atoms with E-state index in [9.17, 15) is 12.8 Å². The van der Waals surface area contributed by atoms with Gasteiger partial charge in [0.25, 0.3) is 10.0 Å². The van der Waals surface area contributed by atoms with E-state index in [2.05, 4.69) is 5.32 Å². The first-order valence-electron chi connectivity index (χ1n) is 9.04. The van der Waals surface area contributed by atoms with Crippen LogP contribution in [0.2, 0.25) is 0 Å². The monoisotopic (exact) mass is 400 g/mol. The molecule has 0 radical (unpaired) electrons. The molecule has 0 saturated carbocycles. The molecule has 0 saturated heterocycles. The van der Waals surface area contributed by atoms with E-state index in [0.717, 1.165) is 17.5 Å². The predicted octanol–water partition coefficient (Wildman–Crippen LogP) is 3.75. The molecule has 1 heterocycles. The van der Waals surface area contributed by atoms with Crippen molar-refractivity contribution in [1.29, 1.82) is 0 Å². The Kier molecular flexibility index (Phi) is 4.72. The Bertz CT molecular complexity index is 1140. The summed E-state index contributed by atoms with van der Waals surface area (Å²) in [6.45, 7) is 0. The number of nitrogens with one attached hydrogen (secondary N) is 1. The van der Waals surface area contributed by atoms with Gasteiger partial charge in [-0.2, -0.15) is 0 Å². The van der Waals surface area contributed by atoms with Crippen LogP contribution in [0, 0.1) is 5.82 Å². The molecule has 0 aliphatic heterocycles. The van der Waals surface area contributed by atoms with Gasteiger partial charge >= 0.3 is 0 Å². The van der Waals surface area contributed by atoms with Crippen LogP contribution >= 0.6 is 0 Å². The Labute approximate surface area is 163 Å². The molecule has 1 aliphatic carbocycles. The third-order valence-electron chi connectivity index (χ3n) is 5.25. The molecule has 0 spiro atoms. The van der Waals surface area contributed by atoms with Crippen molar-refractivity contribution in [1.82, 2.24) is 9.29 Å². The first kappa shape index (κ1) is 18.7. The van der Waals surface area contributed by atoms with Gasteiger partial charge in [0.05, 0.1) is 12.8 Å². The summed E-state index contributed by atoms with van der Waals surface area (Å²) in [4.78, 5) is 0.0461. The second-order valence-corrected chi connectivity index (χ2v) is 8.51. The Morgan fingerprint density at radius 2 is 1.86 bits per heavy atom. The van der Waals surface area contributed by atoms with Gasteiger partial charge in [-0.05, 0) is 55.3 Å². The van der Waals surface area contributed by atoms with Crippen molar-refractivity contribution in [3.05, 3.63) is 71.7 Å². The molecule has 2 aromatic carbocycles. The van der Waals surface area contributed by atoms with Crippen molar-refractivity contribution >= 4 is 10.0 Å². The first-order valence-corrected chi connectivity index (χ1v) is 10.5. The zero-order valence-corrected chi connectivity index (χ0v) is 16.5. The number of ether oxygens (including phenoxy) is 1. The fourth-order valence-corrected chi connectivity index (χ4v) is 5.48. The molecular formula is C21H21FN2O3S. The lowest BCUT2D eigenvalue weighted by Crippen LogP contribution is -2.16. The lowest BCUT2D eigenvalue weighted by Gasteiger charge is -2.15. The molecule has 0 fully saturated rings. The third-order valence-corrected chi connectivity index (χ3v) is 6.95. The van der Waals surface area contributed by atoms with Crippen molar-refractivity contribution in [2.45, 2.75) is 23.8 Å². The number of hydrogen-bond donors (Lipinski definition) is 1. The van der Waals surface area contributed by atoms with Crippen LogP contribution in [0.5, 0.6) is 5.75 Å². The molecule has 1 unspecified atom stereocenters. The van der Waals surface area contributed by atoms with Crippen molar-refractivity contribution in [3.63, 3.8) is 0 Å². The number of halogens is 1. The van der Waals surface area contributed by atoms with Crippen molar-refractivity contribution in [3.8, 4) is 17.0 Å². The van der Waals surface area contributed by atoms with Gasteiger partial charge in [-0.3, -0.25) is 0 Å². The molecule has 1 aliphatic rings. The van der Waals surface area contributed by atoms with Gasteiger partial charge in [-0.15, -0.1) is 0 Å². The van der Waals surface area contributed by atoms with E-state index in [0.29, 0.717) is 12.1 Å².